The highest BCUT2D eigenvalue weighted by atomic mass is 79.9. The van der Waals surface area contributed by atoms with Crippen molar-refractivity contribution in [2.45, 2.75) is 25.1 Å². The Hall–Kier alpha value is -1.10. The van der Waals surface area contributed by atoms with Crippen LogP contribution in [0, 0.1) is 10.1 Å². The highest BCUT2D eigenvalue weighted by molar-refractivity contribution is 9.08. The van der Waals surface area contributed by atoms with E-state index in [1.165, 1.54) is 6.07 Å². The second-order valence-corrected chi connectivity index (χ2v) is 3.96. The van der Waals surface area contributed by atoms with Crippen molar-refractivity contribution in [3.8, 4) is 5.75 Å². The summed E-state index contributed by atoms with van der Waals surface area (Å²) in [6.45, 7) is 2.57. The Balaban J connectivity index is 2.87. The molecule has 0 aliphatic rings. The summed E-state index contributed by atoms with van der Waals surface area (Å²) in [5.74, 6) is 0.357. The lowest BCUT2D eigenvalue weighted by atomic mass is 10.2. The van der Waals surface area contributed by atoms with Crippen LogP contribution in [0.4, 0.5) is 5.69 Å². The van der Waals surface area contributed by atoms with Crippen LogP contribution in [0.2, 0.25) is 0 Å². The van der Waals surface area contributed by atoms with Crippen molar-refractivity contribution in [1.29, 1.82) is 0 Å². The predicted molar refractivity (Wildman–Crippen MR) is 66.1 cm³/mol. The second kappa shape index (κ2) is 6.48. The van der Waals surface area contributed by atoms with Gasteiger partial charge >= 0.3 is 5.69 Å². The van der Waals surface area contributed by atoms with E-state index in [0.717, 1.165) is 18.4 Å². The molecule has 16 heavy (non-hydrogen) atoms. The lowest BCUT2D eigenvalue weighted by molar-refractivity contribution is -0.385. The number of benzene rings is 1. The zero-order chi connectivity index (χ0) is 12.0. The van der Waals surface area contributed by atoms with Crippen LogP contribution in [-0.2, 0) is 5.33 Å². The third-order valence-corrected chi connectivity index (χ3v) is 2.78. The molecule has 0 heterocycles. The van der Waals surface area contributed by atoms with Crippen molar-refractivity contribution in [3.05, 3.63) is 33.9 Å². The van der Waals surface area contributed by atoms with Gasteiger partial charge in [0.25, 0.3) is 0 Å². The molecule has 0 bridgehead atoms. The van der Waals surface area contributed by atoms with Gasteiger partial charge in [-0.05, 0) is 18.1 Å². The maximum Gasteiger partial charge on any atom is 0.310 e. The Labute approximate surface area is 103 Å². The number of hydrogen-bond donors (Lipinski definition) is 0. The van der Waals surface area contributed by atoms with E-state index in [4.69, 9.17) is 4.74 Å². The normalized spacial score (nSPS) is 10.1. The third kappa shape index (κ3) is 3.48. The van der Waals surface area contributed by atoms with Gasteiger partial charge < -0.3 is 4.74 Å². The zero-order valence-corrected chi connectivity index (χ0v) is 10.7. The minimum absolute atomic E-state index is 0.0285. The summed E-state index contributed by atoms with van der Waals surface area (Å²) < 4.78 is 5.42. The van der Waals surface area contributed by atoms with Crippen LogP contribution in [0.15, 0.2) is 18.2 Å². The standard InChI is InChI=1S/C11H14BrNO3/c1-2-3-6-16-11-7-9(8-12)4-5-10(11)13(14)15/h4-5,7H,2-3,6,8H2,1H3. The molecule has 5 heteroatoms. The quantitative estimate of drug-likeness (QED) is 0.347. The molecule has 0 saturated heterocycles. The van der Waals surface area contributed by atoms with Crippen molar-refractivity contribution in [2.75, 3.05) is 6.61 Å². The molecule has 0 radical (unpaired) electrons. The van der Waals surface area contributed by atoms with E-state index >= 15 is 0 Å². The summed E-state index contributed by atoms with van der Waals surface area (Å²) in [4.78, 5) is 10.4. The SMILES string of the molecule is CCCCOc1cc(CBr)ccc1[N+](=O)[O-]. The van der Waals surface area contributed by atoms with Crippen LogP contribution >= 0.6 is 15.9 Å². The maximum absolute atomic E-state index is 10.8. The number of nitrogens with zero attached hydrogens (tertiary/aromatic N) is 1. The summed E-state index contributed by atoms with van der Waals surface area (Å²) in [6.07, 6.45) is 1.90. The highest BCUT2D eigenvalue weighted by Gasteiger charge is 2.15. The molecule has 0 aliphatic carbocycles. The van der Waals surface area contributed by atoms with Gasteiger partial charge in [-0.25, -0.2) is 0 Å². The Kier molecular flexibility index (Phi) is 5.25. The number of halogens is 1. The fourth-order valence-electron chi connectivity index (χ4n) is 1.23. The molecule has 4 nitrogen and oxygen atoms in total. The van der Waals surface area contributed by atoms with Gasteiger partial charge in [0.2, 0.25) is 0 Å². The minimum atomic E-state index is -0.417. The summed E-state index contributed by atoms with van der Waals surface area (Å²) in [5, 5.41) is 11.4. The first-order valence-corrected chi connectivity index (χ1v) is 6.27. The summed E-state index contributed by atoms with van der Waals surface area (Å²) >= 11 is 3.31. The maximum atomic E-state index is 10.8. The molecule has 0 aromatic heterocycles. The molecule has 1 aromatic rings. The molecule has 0 N–H and O–H groups in total. The highest BCUT2D eigenvalue weighted by Crippen LogP contribution is 2.28. The molecule has 1 aromatic carbocycles. The summed E-state index contributed by atoms with van der Waals surface area (Å²) in [5.41, 5.74) is 0.998. The van der Waals surface area contributed by atoms with E-state index in [9.17, 15) is 10.1 Å². The number of rotatable bonds is 6. The number of hydrogen-bond acceptors (Lipinski definition) is 3. The molecule has 0 saturated carbocycles. The topological polar surface area (TPSA) is 52.4 Å². The van der Waals surface area contributed by atoms with Gasteiger partial charge in [-0.2, -0.15) is 0 Å². The second-order valence-electron chi connectivity index (χ2n) is 3.39. The first kappa shape index (κ1) is 13.0. The van der Waals surface area contributed by atoms with E-state index in [1.54, 1.807) is 12.1 Å². The number of ether oxygens (including phenoxy) is 1. The molecule has 88 valence electrons. The lowest BCUT2D eigenvalue weighted by Crippen LogP contribution is -2.00. The molecule has 0 amide bonds. The number of unbranched alkanes of at least 4 members (excludes halogenated alkanes) is 1. The summed E-state index contributed by atoms with van der Waals surface area (Å²) in [7, 11) is 0. The van der Waals surface area contributed by atoms with Gasteiger partial charge in [-0.1, -0.05) is 35.3 Å². The van der Waals surface area contributed by atoms with Crippen LogP contribution in [0.25, 0.3) is 0 Å². The Morgan fingerprint density at radius 1 is 1.50 bits per heavy atom. The number of nitro benzene ring substituents is 1. The van der Waals surface area contributed by atoms with Crippen molar-refractivity contribution >= 4 is 21.6 Å². The van der Waals surface area contributed by atoms with Gasteiger partial charge in [0.05, 0.1) is 11.5 Å². The van der Waals surface area contributed by atoms with E-state index in [0.29, 0.717) is 17.7 Å². The predicted octanol–water partition coefficient (Wildman–Crippen LogP) is 3.67. The zero-order valence-electron chi connectivity index (χ0n) is 9.11. The Morgan fingerprint density at radius 3 is 2.81 bits per heavy atom. The van der Waals surface area contributed by atoms with E-state index in [2.05, 4.69) is 15.9 Å². The Bertz CT molecular complexity index is 368. The minimum Gasteiger partial charge on any atom is -0.487 e. The molecule has 0 unspecified atom stereocenters. The molecule has 0 atom stereocenters. The van der Waals surface area contributed by atoms with Crippen molar-refractivity contribution in [2.24, 2.45) is 0 Å². The van der Waals surface area contributed by atoms with Crippen LogP contribution in [-0.4, -0.2) is 11.5 Å². The molecule has 0 spiro atoms. The van der Waals surface area contributed by atoms with E-state index in [-0.39, 0.29) is 5.69 Å². The fourth-order valence-corrected chi connectivity index (χ4v) is 1.58. The molecule has 0 fully saturated rings. The summed E-state index contributed by atoms with van der Waals surface area (Å²) in [6, 6.07) is 4.92. The van der Waals surface area contributed by atoms with Gasteiger partial charge in [-0.3, -0.25) is 10.1 Å². The first-order chi connectivity index (χ1) is 7.69. The van der Waals surface area contributed by atoms with Gasteiger partial charge in [-0.15, -0.1) is 0 Å². The van der Waals surface area contributed by atoms with E-state index < -0.39 is 4.92 Å². The van der Waals surface area contributed by atoms with Crippen LogP contribution in [0.3, 0.4) is 0 Å². The van der Waals surface area contributed by atoms with Crippen LogP contribution in [0.1, 0.15) is 25.3 Å². The van der Waals surface area contributed by atoms with Crippen molar-refractivity contribution in [1.82, 2.24) is 0 Å². The van der Waals surface area contributed by atoms with Gasteiger partial charge in [0.15, 0.2) is 5.75 Å². The molecular formula is C11H14BrNO3. The molecular weight excluding hydrogens is 274 g/mol. The average molecular weight is 288 g/mol. The number of alkyl halides is 1. The Morgan fingerprint density at radius 2 is 2.25 bits per heavy atom. The molecule has 0 aliphatic heterocycles. The van der Waals surface area contributed by atoms with Crippen LogP contribution in [0.5, 0.6) is 5.75 Å². The third-order valence-electron chi connectivity index (χ3n) is 2.13. The van der Waals surface area contributed by atoms with Gasteiger partial charge in [0, 0.05) is 11.4 Å². The monoisotopic (exact) mass is 287 g/mol. The van der Waals surface area contributed by atoms with Gasteiger partial charge in [0.1, 0.15) is 0 Å². The number of nitro groups is 1. The first-order valence-electron chi connectivity index (χ1n) is 5.15. The van der Waals surface area contributed by atoms with Crippen molar-refractivity contribution < 1.29 is 9.66 Å². The largest absolute Gasteiger partial charge is 0.487 e. The smallest absolute Gasteiger partial charge is 0.310 e. The van der Waals surface area contributed by atoms with Crippen LogP contribution < -0.4 is 4.74 Å². The molecule has 1 rings (SSSR count). The van der Waals surface area contributed by atoms with E-state index in [1.807, 2.05) is 6.92 Å². The van der Waals surface area contributed by atoms with Crippen molar-refractivity contribution in [3.63, 3.8) is 0 Å². The average Bonchev–Trinajstić information content (AvgIpc) is 2.29. The lowest BCUT2D eigenvalue weighted by Gasteiger charge is -2.07. The fraction of sp³-hybridized carbons (Fsp3) is 0.455.